The van der Waals surface area contributed by atoms with Crippen LogP contribution in [0, 0.1) is 6.92 Å². The van der Waals surface area contributed by atoms with Gasteiger partial charge in [0.25, 0.3) is 0 Å². The maximum Gasteiger partial charge on any atom is 0.146 e. The van der Waals surface area contributed by atoms with Gasteiger partial charge < -0.3 is 0 Å². The molecule has 3 aromatic carbocycles. The lowest BCUT2D eigenvalue weighted by Crippen LogP contribution is -2.18. The largest absolute Gasteiger partial charge is 0.295 e. The lowest BCUT2D eigenvalue weighted by atomic mass is 9.83. The van der Waals surface area contributed by atoms with Crippen LogP contribution in [0.2, 0.25) is 0 Å². The quantitative estimate of drug-likeness (QED) is 0.316. The number of rotatable bonds is 1. The number of hydrogen-bond donors (Lipinski definition) is 0. The zero-order chi connectivity index (χ0) is 19.5. The highest BCUT2D eigenvalue weighted by Crippen LogP contribution is 2.41. The molecule has 0 aliphatic rings. The molecular formula is C26H24N2. The first kappa shape index (κ1) is 17.0. The number of hydrogen-bond acceptors (Lipinski definition) is 1. The summed E-state index contributed by atoms with van der Waals surface area (Å²) in [6, 6.07) is 26.0. The smallest absolute Gasteiger partial charge is 0.146 e. The summed E-state index contributed by atoms with van der Waals surface area (Å²) in [5.74, 6) is 0. The normalized spacial score (nSPS) is 12.3. The topological polar surface area (TPSA) is 17.3 Å². The molecule has 5 rings (SSSR count). The number of aromatic nitrogens is 2. The minimum atomic E-state index is -0.0508. The second-order valence-corrected chi connectivity index (χ2v) is 8.65. The molecule has 2 heteroatoms. The Morgan fingerprint density at radius 1 is 0.786 bits per heavy atom. The number of aryl methyl sites for hydroxylation is 1. The van der Waals surface area contributed by atoms with Gasteiger partial charge in [0.15, 0.2) is 0 Å². The molecule has 0 spiro atoms. The van der Waals surface area contributed by atoms with Crippen molar-refractivity contribution in [2.75, 3.05) is 0 Å². The van der Waals surface area contributed by atoms with E-state index in [1.807, 2.05) is 0 Å². The molecule has 2 nitrogen and oxygen atoms in total. The second kappa shape index (κ2) is 5.93. The summed E-state index contributed by atoms with van der Waals surface area (Å²) in [5, 5.41) is 2.46. The Morgan fingerprint density at radius 2 is 1.46 bits per heavy atom. The van der Waals surface area contributed by atoms with Gasteiger partial charge in [0.1, 0.15) is 5.65 Å². The summed E-state index contributed by atoms with van der Waals surface area (Å²) in [5.41, 5.74) is 8.33. The average molecular weight is 364 g/mol. The van der Waals surface area contributed by atoms with Crippen molar-refractivity contribution < 1.29 is 0 Å². The van der Waals surface area contributed by atoms with E-state index in [0.29, 0.717) is 0 Å². The summed E-state index contributed by atoms with van der Waals surface area (Å²) >= 11 is 0. The van der Waals surface area contributed by atoms with Crippen LogP contribution in [0.5, 0.6) is 0 Å². The van der Waals surface area contributed by atoms with Crippen LogP contribution in [0.4, 0.5) is 0 Å². The molecule has 2 aromatic heterocycles. The van der Waals surface area contributed by atoms with Gasteiger partial charge in [0, 0.05) is 22.1 Å². The highest BCUT2D eigenvalue weighted by molar-refractivity contribution is 6.07. The van der Waals surface area contributed by atoms with Crippen LogP contribution in [0.25, 0.3) is 38.6 Å². The van der Waals surface area contributed by atoms with Crippen LogP contribution in [-0.2, 0) is 5.41 Å². The molecule has 5 aromatic rings. The standard InChI is InChI=1S/C26H24N2/c1-17-14-15-21-22(16-17)28-24(26(2,3)4)23(18-10-6-5-7-11-18)19-12-8-9-13-20(19)25(28)27-21/h5-16H,1-4H3. The monoisotopic (exact) mass is 364 g/mol. The van der Waals surface area contributed by atoms with Crippen LogP contribution in [0.1, 0.15) is 32.0 Å². The molecule has 0 radical (unpaired) electrons. The van der Waals surface area contributed by atoms with Gasteiger partial charge in [-0.2, -0.15) is 0 Å². The molecule has 0 N–H and O–H groups in total. The Bertz CT molecular complexity index is 1340. The van der Waals surface area contributed by atoms with E-state index in [2.05, 4.69) is 105 Å². The van der Waals surface area contributed by atoms with Gasteiger partial charge in [-0.3, -0.25) is 4.40 Å². The van der Waals surface area contributed by atoms with E-state index in [-0.39, 0.29) is 5.41 Å². The number of fused-ring (bicyclic) bond motifs is 5. The van der Waals surface area contributed by atoms with E-state index < -0.39 is 0 Å². The number of nitrogens with zero attached hydrogens (tertiary/aromatic N) is 2. The predicted octanol–water partition coefficient (Wildman–Crippen LogP) is 6.91. The van der Waals surface area contributed by atoms with Gasteiger partial charge in [-0.05, 0) is 35.6 Å². The van der Waals surface area contributed by atoms with E-state index in [1.54, 1.807) is 0 Å². The maximum absolute atomic E-state index is 5.06. The summed E-state index contributed by atoms with van der Waals surface area (Å²) < 4.78 is 2.40. The van der Waals surface area contributed by atoms with Crippen molar-refractivity contribution in [3.8, 4) is 11.1 Å². The molecule has 0 saturated heterocycles. The number of imidazole rings is 1. The van der Waals surface area contributed by atoms with Crippen LogP contribution in [0.3, 0.4) is 0 Å². The molecule has 0 atom stereocenters. The fourth-order valence-electron chi connectivity index (χ4n) is 4.34. The van der Waals surface area contributed by atoms with Gasteiger partial charge >= 0.3 is 0 Å². The predicted molar refractivity (Wildman–Crippen MR) is 119 cm³/mol. The molecule has 0 aliphatic carbocycles. The van der Waals surface area contributed by atoms with Crippen molar-refractivity contribution in [1.82, 2.24) is 9.38 Å². The average Bonchev–Trinajstić information content (AvgIpc) is 3.05. The molecule has 0 amide bonds. The molecule has 28 heavy (non-hydrogen) atoms. The first-order valence-electron chi connectivity index (χ1n) is 9.84. The van der Waals surface area contributed by atoms with Crippen LogP contribution < -0.4 is 0 Å². The van der Waals surface area contributed by atoms with Gasteiger partial charge in [-0.25, -0.2) is 4.98 Å². The van der Waals surface area contributed by atoms with E-state index in [9.17, 15) is 0 Å². The highest BCUT2D eigenvalue weighted by Gasteiger charge is 2.27. The van der Waals surface area contributed by atoms with E-state index >= 15 is 0 Å². The SMILES string of the molecule is Cc1ccc2nc3c4ccccc4c(-c4ccccc4)c(C(C)(C)C)n3c2c1. The van der Waals surface area contributed by atoms with Crippen LogP contribution in [0.15, 0.2) is 72.8 Å². The zero-order valence-electron chi connectivity index (χ0n) is 16.8. The first-order chi connectivity index (χ1) is 13.4. The molecular weight excluding hydrogens is 340 g/mol. The molecule has 138 valence electrons. The Morgan fingerprint density at radius 3 is 2.18 bits per heavy atom. The van der Waals surface area contributed by atoms with Crippen molar-refractivity contribution >= 4 is 27.5 Å². The van der Waals surface area contributed by atoms with Crippen molar-refractivity contribution in [2.24, 2.45) is 0 Å². The summed E-state index contributed by atoms with van der Waals surface area (Å²) in [6.07, 6.45) is 0. The third-order valence-corrected chi connectivity index (χ3v) is 5.48. The molecule has 0 unspecified atom stereocenters. The fourth-order valence-corrected chi connectivity index (χ4v) is 4.34. The van der Waals surface area contributed by atoms with E-state index in [0.717, 1.165) is 11.2 Å². The van der Waals surface area contributed by atoms with E-state index in [4.69, 9.17) is 4.98 Å². The van der Waals surface area contributed by atoms with Crippen LogP contribution in [-0.4, -0.2) is 9.38 Å². The van der Waals surface area contributed by atoms with Crippen molar-refractivity contribution in [2.45, 2.75) is 33.1 Å². The molecule has 0 bridgehead atoms. The Balaban J connectivity index is 2.13. The van der Waals surface area contributed by atoms with Gasteiger partial charge in [-0.15, -0.1) is 0 Å². The minimum absolute atomic E-state index is 0.0508. The number of benzene rings is 3. The molecule has 0 saturated carbocycles. The van der Waals surface area contributed by atoms with E-state index in [1.165, 1.54) is 38.7 Å². The molecule has 2 heterocycles. The Kier molecular flexibility index (Phi) is 3.60. The zero-order valence-corrected chi connectivity index (χ0v) is 16.8. The molecule has 0 aliphatic heterocycles. The Labute approximate surface area is 165 Å². The third kappa shape index (κ3) is 2.45. The molecule has 0 fully saturated rings. The fraction of sp³-hybridized carbons (Fsp3) is 0.192. The lowest BCUT2D eigenvalue weighted by Gasteiger charge is -2.27. The van der Waals surface area contributed by atoms with Crippen molar-refractivity contribution in [3.05, 3.63) is 84.1 Å². The summed E-state index contributed by atoms with van der Waals surface area (Å²) in [4.78, 5) is 5.06. The third-order valence-electron chi connectivity index (χ3n) is 5.48. The van der Waals surface area contributed by atoms with Gasteiger partial charge in [0.2, 0.25) is 0 Å². The minimum Gasteiger partial charge on any atom is -0.295 e. The first-order valence-corrected chi connectivity index (χ1v) is 9.84. The van der Waals surface area contributed by atoms with Crippen LogP contribution >= 0.6 is 0 Å². The Hall–Kier alpha value is -3.13. The highest BCUT2D eigenvalue weighted by atomic mass is 15.0. The van der Waals surface area contributed by atoms with Gasteiger partial charge in [0.05, 0.1) is 11.0 Å². The lowest BCUT2D eigenvalue weighted by molar-refractivity contribution is 0.566. The summed E-state index contributed by atoms with van der Waals surface area (Å²) in [6.45, 7) is 9.04. The number of pyridine rings is 1. The summed E-state index contributed by atoms with van der Waals surface area (Å²) in [7, 11) is 0. The van der Waals surface area contributed by atoms with Crippen molar-refractivity contribution in [3.63, 3.8) is 0 Å². The van der Waals surface area contributed by atoms with Crippen molar-refractivity contribution in [1.29, 1.82) is 0 Å². The maximum atomic E-state index is 5.06. The van der Waals surface area contributed by atoms with Gasteiger partial charge in [-0.1, -0.05) is 81.4 Å². The second-order valence-electron chi connectivity index (χ2n) is 8.65.